The molecule has 1 atom stereocenters. The molecule has 8 nitrogen and oxygen atoms in total. The topological polar surface area (TPSA) is 101 Å². The van der Waals surface area contributed by atoms with E-state index in [-0.39, 0.29) is 17.9 Å². The van der Waals surface area contributed by atoms with Crippen molar-refractivity contribution in [2.75, 3.05) is 32.1 Å². The maximum absolute atomic E-state index is 12.9. The monoisotopic (exact) mass is 356 g/mol. The van der Waals surface area contributed by atoms with E-state index in [1.54, 1.807) is 0 Å². The van der Waals surface area contributed by atoms with E-state index in [9.17, 15) is 4.79 Å². The van der Waals surface area contributed by atoms with E-state index in [0.717, 1.165) is 43.9 Å². The van der Waals surface area contributed by atoms with Gasteiger partial charge in [0.25, 0.3) is 5.91 Å². The number of oxazole rings is 1. The summed E-state index contributed by atoms with van der Waals surface area (Å²) in [5, 5.41) is 0. The molecular weight excluding hydrogens is 332 g/mol. The quantitative estimate of drug-likeness (QED) is 0.879. The summed E-state index contributed by atoms with van der Waals surface area (Å²) in [6.45, 7) is 1.58. The average Bonchev–Trinajstić information content (AvgIpc) is 3.27. The number of aryl methyl sites for hydroxylation is 1. The van der Waals surface area contributed by atoms with Crippen molar-refractivity contribution in [2.24, 2.45) is 5.73 Å². The molecule has 2 N–H and O–H groups in total. The van der Waals surface area contributed by atoms with Crippen molar-refractivity contribution < 1.29 is 9.21 Å². The normalized spacial score (nSPS) is 21.9. The summed E-state index contributed by atoms with van der Waals surface area (Å²) in [5.74, 6) is 1.01. The van der Waals surface area contributed by atoms with Crippen molar-refractivity contribution in [3.8, 4) is 0 Å². The Hall–Kier alpha value is -2.48. The van der Waals surface area contributed by atoms with Gasteiger partial charge in [-0.2, -0.15) is 0 Å². The number of carbonyl (C=O) groups is 1. The van der Waals surface area contributed by atoms with E-state index >= 15 is 0 Å². The lowest BCUT2D eigenvalue weighted by Gasteiger charge is -2.40. The van der Waals surface area contributed by atoms with Gasteiger partial charge < -0.3 is 20.0 Å². The van der Waals surface area contributed by atoms with Crippen LogP contribution in [0.4, 0.5) is 5.95 Å². The van der Waals surface area contributed by atoms with E-state index in [1.807, 2.05) is 30.1 Å². The SMILES string of the molecule is CN(C)c1ncc2c(n1)C1(CCCN(C(=O)c3coc(CN)n3)C1)CC2. The molecule has 26 heavy (non-hydrogen) atoms. The van der Waals surface area contributed by atoms with Crippen LogP contribution >= 0.6 is 0 Å². The summed E-state index contributed by atoms with van der Waals surface area (Å²) in [6, 6.07) is 0. The number of carbonyl (C=O) groups excluding carboxylic acids is 1. The first-order valence-electron chi connectivity index (χ1n) is 9.00. The van der Waals surface area contributed by atoms with Gasteiger partial charge in [-0.05, 0) is 31.2 Å². The van der Waals surface area contributed by atoms with E-state index in [1.165, 1.54) is 11.8 Å². The Kier molecular flexibility index (Phi) is 4.14. The largest absolute Gasteiger partial charge is 0.447 e. The minimum absolute atomic E-state index is 0.0859. The molecule has 1 aliphatic carbocycles. The second-order valence-corrected chi connectivity index (χ2v) is 7.38. The fourth-order valence-corrected chi connectivity index (χ4v) is 4.11. The number of aromatic nitrogens is 3. The van der Waals surface area contributed by atoms with Gasteiger partial charge >= 0.3 is 0 Å². The third kappa shape index (κ3) is 2.74. The number of rotatable bonds is 3. The average molecular weight is 356 g/mol. The maximum Gasteiger partial charge on any atom is 0.275 e. The highest BCUT2D eigenvalue weighted by molar-refractivity contribution is 5.92. The third-order valence-corrected chi connectivity index (χ3v) is 5.44. The Morgan fingerprint density at radius 2 is 2.23 bits per heavy atom. The summed E-state index contributed by atoms with van der Waals surface area (Å²) >= 11 is 0. The zero-order chi connectivity index (χ0) is 18.3. The van der Waals surface area contributed by atoms with Gasteiger partial charge in [0.1, 0.15) is 6.26 Å². The first-order valence-corrected chi connectivity index (χ1v) is 9.00. The van der Waals surface area contributed by atoms with Crippen molar-refractivity contribution in [3.05, 3.63) is 35.3 Å². The Balaban J connectivity index is 1.61. The van der Waals surface area contributed by atoms with Gasteiger partial charge in [0.15, 0.2) is 5.69 Å². The summed E-state index contributed by atoms with van der Waals surface area (Å²) < 4.78 is 5.23. The van der Waals surface area contributed by atoms with Crippen LogP contribution in [-0.4, -0.2) is 52.9 Å². The van der Waals surface area contributed by atoms with Crippen LogP contribution in [0, 0.1) is 0 Å². The van der Waals surface area contributed by atoms with Crippen molar-refractivity contribution >= 4 is 11.9 Å². The molecule has 3 heterocycles. The van der Waals surface area contributed by atoms with Crippen LogP contribution < -0.4 is 10.6 Å². The summed E-state index contributed by atoms with van der Waals surface area (Å²) in [7, 11) is 3.89. The standard InChI is InChI=1S/C18H24N6O2/c1-23(2)17-20-9-12-4-6-18(15(12)22-17)5-3-7-24(11-18)16(25)13-10-26-14(8-19)21-13/h9-10H,3-8,11,19H2,1-2H3. The van der Waals surface area contributed by atoms with Gasteiger partial charge in [-0.25, -0.2) is 15.0 Å². The molecule has 1 fully saturated rings. The molecule has 2 aliphatic rings. The van der Waals surface area contributed by atoms with Crippen LogP contribution in [0.3, 0.4) is 0 Å². The molecular formula is C18H24N6O2. The number of nitrogens with two attached hydrogens (primary N) is 1. The fraction of sp³-hybridized carbons (Fsp3) is 0.556. The smallest absolute Gasteiger partial charge is 0.275 e. The van der Waals surface area contributed by atoms with Crippen LogP contribution in [0.5, 0.6) is 0 Å². The van der Waals surface area contributed by atoms with Gasteiger partial charge in [-0.15, -0.1) is 0 Å². The molecule has 0 saturated carbocycles. The van der Waals surface area contributed by atoms with Crippen molar-refractivity contribution in [1.29, 1.82) is 0 Å². The first-order chi connectivity index (χ1) is 12.5. The molecule has 1 spiro atoms. The van der Waals surface area contributed by atoms with Gasteiger partial charge in [-0.1, -0.05) is 0 Å². The number of nitrogens with zero attached hydrogens (tertiary/aromatic N) is 5. The zero-order valence-electron chi connectivity index (χ0n) is 15.2. The molecule has 0 radical (unpaired) electrons. The molecule has 8 heteroatoms. The fourth-order valence-electron chi connectivity index (χ4n) is 4.11. The third-order valence-electron chi connectivity index (χ3n) is 5.44. The lowest BCUT2D eigenvalue weighted by atomic mass is 9.77. The summed E-state index contributed by atoms with van der Waals surface area (Å²) in [4.78, 5) is 30.1. The predicted octanol–water partition coefficient (Wildman–Crippen LogP) is 1.11. The number of anilines is 1. The molecule has 2 aromatic rings. The zero-order valence-corrected chi connectivity index (χ0v) is 15.2. The summed E-state index contributed by atoms with van der Waals surface area (Å²) in [6.07, 6.45) is 7.31. The van der Waals surface area contributed by atoms with Crippen LogP contribution in [0.2, 0.25) is 0 Å². The predicted molar refractivity (Wildman–Crippen MR) is 95.9 cm³/mol. The molecule has 0 aromatic carbocycles. The molecule has 1 unspecified atom stereocenters. The Morgan fingerprint density at radius 1 is 1.38 bits per heavy atom. The number of fused-ring (bicyclic) bond motifs is 2. The number of piperidine rings is 1. The maximum atomic E-state index is 12.9. The Bertz CT molecular complexity index is 829. The molecule has 2 aromatic heterocycles. The van der Waals surface area contributed by atoms with Crippen LogP contribution in [0.1, 0.15) is 46.9 Å². The highest BCUT2D eigenvalue weighted by Crippen LogP contribution is 2.44. The second kappa shape index (κ2) is 6.35. The lowest BCUT2D eigenvalue weighted by Crippen LogP contribution is -2.48. The molecule has 4 rings (SSSR count). The van der Waals surface area contributed by atoms with Crippen molar-refractivity contribution in [3.63, 3.8) is 0 Å². The highest BCUT2D eigenvalue weighted by atomic mass is 16.3. The van der Waals surface area contributed by atoms with Gasteiger partial charge in [0.2, 0.25) is 11.8 Å². The molecule has 138 valence electrons. The second-order valence-electron chi connectivity index (χ2n) is 7.38. The minimum atomic E-state index is -0.0946. The van der Waals surface area contributed by atoms with Crippen LogP contribution in [0.15, 0.2) is 16.9 Å². The molecule has 1 aliphatic heterocycles. The van der Waals surface area contributed by atoms with Crippen molar-refractivity contribution in [1.82, 2.24) is 19.9 Å². The Morgan fingerprint density at radius 3 is 2.96 bits per heavy atom. The number of amides is 1. The highest BCUT2D eigenvalue weighted by Gasteiger charge is 2.45. The number of likely N-dealkylation sites (tertiary alicyclic amines) is 1. The van der Waals surface area contributed by atoms with Gasteiger partial charge in [0, 0.05) is 38.8 Å². The summed E-state index contributed by atoms with van der Waals surface area (Å²) in [5.41, 5.74) is 8.09. The number of hydrogen-bond acceptors (Lipinski definition) is 7. The van der Waals surface area contributed by atoms with Crippen molar-refractivity contribution in [2.45, 2.75) is 37.6 Å². The molecule has 1 amide bonds. The van der Waals surface area contributed by atoms with Gasteiger partial charge in [0.05, 0.1) is 12.2 Å². The van der Waals surface area contributed by atoms with Crippen LogP contribution in [-0.2, 0) is 18.4 Å². The minimum Gasteiger partial charge on any atom is -0.447 e. The van der Waals surface area contributed by atoms with E-state index in [2.05, 4.69) is 9.97 Å². The number of hydrogen-bond donors (Lipinski definition) is 1. The first kappa shape index (κ1) is 17.0. The molecule has 1 saturated heterocycles. The lowest BCUT2D eigenvalue weighted by molar-refractivity contribution is 0.0627. The van der Waals surface area contributed by atoms with E-state index in [4.69, 9.17) is 15.1 Å². The van der Waals surface area contributed by atoms with E-state index < -0.39 is 0 Å². The van der Waals surface area contributed by atoms with Gasteiger partial charge in [-0.3, -0.25) is 4.79 Å². The Labute approximate surface area is 152 Å². The van der Waals surface area contributed by atoms with E-state index in [0.29, 0.717) is 18.1 Å². The molecule has 0 bridgehead atoms. The van der Waals surface area contributed by atoms with Crippen LogP contribution in [0.25, 0.3) is 0 Å².